The maximum Gasteiger partial charge on any atom is 0.416 e. The number of nitrogens with two attached hydrogens (primary N) is 1. The highest BCUT2D eigenvalue weighted by Crippen LogP contribution is 2.32. The monoisotopic (exact) mass is 535 g/mol. The van der Waals surface area contributed by atoms with E-state index in [9.17, 15) is 18.0 Å². The molecule has 0 spiro atoms. The molecule has 1 amide bonds. The second-order valence-electron chi connectivity index (χ2n) is 9.36. The molecular formula is C27H38F3N6O2+. The largest absolute Gasteiger partial charge is 0.493 e. The van der Waals surface area contributed by atoms with Crippen LogP contribution in [-0.2, 0) is 6.18 Å². The van der Waals surface area contributed by atoms with Gasteiger partial charge in [-0.1, -0.05) is 6.07 Å². The number of rotatable bonds is 10. The third-order valence-electron chi connectivity index (χ3n) is 7.12. The Labute approximate surface area is 222 Å². The molecule has 1 aliphatic heterocycles. The standard InChI is InChI=1S/C27H37F3N6O2/c1-19-20(2)25(38-17-5-12-36(32-4)33-18-31)11-10-24(19)21(3)34-13-15-35(16-14-34)26(37)22-6-8-23(9-7-22)27(28,29)30/h6-11,18,21,32H,5,12-17H2,1-4H3,(H2,31,33)/p+1/t21-/m1/s1. The zero-order valence-electron chi connectivity index (χ0n) is 22.4. The molecule has 1 aliphatic rings. The van der Waals surface area contributed by atoms with Crippen LogP contribution < -0.4 is 21.0 Å². The van der Waals surface area contributed by atoms with Gasteiger partial charge in [0.05, 0.1) is 18.7 Å². The van der Waals surface area contributed by atoms with Crippen molar-refractivity contribution in [2.45, 2.75) is 39.4 Å². The van der Waals surface area contributed by atoms with Crippen molar-refractivity contribution in [1.82, 2.24) is 20.3 Å². The van der Waals surface area contributed by atoms with Crippen LogP contribution in [0.25, 0.3) is 0 Å². The lowest BCUT2D eigenvalue weighted by Crippen LogP contribution is -2.85. The number of piperazine rings is 1. The first-order valence-electron chi connectivity index (χ1n) is 12.7. The van der Waals surface area contributed by atoms with Gasteiger partial charge in [0, 0.05) is 51.3 Å². The quantitative estimate of drug-likeness (QED) is 0.187. The Morgan fingerprint density at radius 2 is 1.79 bits per heavy atom. The fraction of sp³-hybridized carbons (Fsp3) is 0.481. The summed E-state index contributed by atoms with van der Waals surface area (Å²) in [5.41, 5.74) is 11.4. The number of hydrogen-bond donors (Lipinski definition) is 3. The molecule has 0 aliphatic carbocycles. The van der Waals surface area contributed by atoms with Crippen molar-refractivity contribution < 1.29 is 27.8 Å². The van der Waals surface area contributed by atoms with Crippen molar-refractivity contribution >= 4 is 12.2 Å². The Morgan fingerprint density at radius 1 is 1.13 bits per heavy atom. The molecule has 0 bridgehead atoms. The van der Waals surface area contributed by atoms with Crippen LogP contribution in [0.4, 0.5) is 13.2 Å². The molecule has 1 saturated heterocycles. The fourth-order valence-electron chi connectivity index (χ4n) is 4.65. The van der Waals surface area contributed by atoms with Crippen molar-refractivity contribution in [2.24, 2.45) is 5.73 Å². The van der Waals surface area contributed by atoms with Gasteiger partial charge in [-0.25, -0.2) is 5.43 Å². The smallest absolute Gasteiger partial charge is 0.416 e. The van der Waals surface area contributed by atoms with E-state index in [0.29, 0.717) is 39.3 Å². The summed E-state index contributed by atoms with van der Waals surface area (Å²) < 4.78 is 44.5. The van der Waals surface area contributed by atoms with E-state index in [1.54, 1.807) is 10.0 Å². The highest BCUT2D eigenvalue weighted by molar-refractivity contribution is 5.94. The molecule has 2 aromatic carbocycles. The zero-order valence-corrected chi connectivity index (χ0v) is 22.4. The SMILES string of the molecule is CNN(CCCOc1ccc([C@@H](C)N2CCN(C(=O)c3ccc(C(F)(F)F)cc3)CC2)c(C)c1C)/[NH+]=C\N. The summed E-state index contributed by atoms with van der Waals surface area (Å²) in [7, 11) is 1.81. The number of ether oxygens (including phenoxy) is 1. The molecule has 3 rings (SSSR count). The van der Waals surface area contributed by atoms with Gasteiger partial charge in [-0.05, 0) is 67.8 Å². The predicted molar refractivity (Wildman–Crippen MR) is 140 cm³/mol. The van der Waals surface area contributed by atoms with E-state index in [2.05, 4.69) is 42.3 Å². The number of hydrazone groups is 1. The summed E-state index contributed by atoms with van der Waals surface area (Å²) >= 11 is 0. The summed E-state index contributed by atoms with van der Waals surface area (Å²) in [6.07, 6.45) is -2.25. The van der Waals surface area contributed by atoms with Crippen molar-refractivity contribution in [1.29, 1.82) is 0 Å². The van der Waals surface area contributed by atoms with Crippen LogP contribution in [0.15, 0.2) is 36.4 Å². The number of hydrazine groups is 2. The Balaban J connectivity index is 1.55. The van der Waals surface area contributed by atoms with Gasteiger partial charge < -0.3 is 9.64 Å². The Kier molecular flexibility index (Phi) is 9.98. The second-order valence-corrected chi connectivity index (χ2v) is 9.36. The predicted octanol–water partition coefficient (Wildman–Crippen LogP) is 2.03. The van der Waals surface area contributed by atoms with Gasteiger partial charge in [-0.3, -0.25) is 15.4 Å². The molecule has 8 nitrogen and oxygen atoms in total. The number of benzene rings is 2. The molecule has 1 atom stereocenters. The highest BCUT2D eigenvalue weighted by atomic mass is 19.4. The van der Waals surface area contributed by atoms with Crippen LogP contribution >= 0.6 is 0 Å². The Morgan fingerprint density at radius 3 is 2.37 bits per heavy atom. The average Bonchev–Trinajstić information content (AvgIpc) is 2.91. The van der Waals surface area contributed by atoms with Gasteiger partial charge in [0.2, 0.25) is 0 Å². The van der Waals surface area contributed by atoms with Crippen molar-refractivity contribution in [3.8, 4) is 5.75 Å². The van der Waals surface area contributed by atoms with Crippen LogP contribution in [0.2, 0.25) is 0 Å². The first kappa shape index (κ1) is 29.2. The van der Waals surface area contributed by atoms with E-state index in [4.69, 9.17) is 10.5 Å². The number of halogens is 3. The molecule has 0 saturated carbocycles. The maximum atomic E-state index is 12.8. The van der Waals surface area contributed by atoms with Gasteiger partial charge >= 0.3 is 6.18 Å². The number of nitrogens with one attached hydrogen (secondary N) is 2. The van der Waals surface area contributed by atoms with Crippen LogP contribution in [0.5, 0.6) is 5.75 Å². The third kappa shape index (κ3) is 7.16. The van der Waals surface area contributed by atoms with Crippen LogP contribution in [0.3, 0.4) is 0 Å². The normalized spacial score (nSPS) is 15.6. The first-order valence-corrected chi connectivity index (χ1v) is 12.7. The van der Waals surface area contributed by atoms with Crippen molar-refractivity contribution in [3.05, 3.63) is 64.2 Å². The van der Waals surface area contributed by atoms with E-state index in [-0.39, 0.29) is 17.5 Å². The first-order chi connectivity index (χ1) is 18.1. The number of alkyl halides is 3. The maximum absolute atomic E-state index is 12.8. The van der Waals surface area contributed by atoms with Crippen LogP contribution in [0.1, 0.15) is 52.0 Å². The summed E-state index contributed by atoms with van der Waals surface area (Å²) in [6, 6.07) is 8.68. The average molecular weight is 536 g/mol. The molecule has 0 aromatic heterocycles. The fourth-order valence-corrected chi connectivity index (χ4v) is 4.65. The molecule has 1 heterocycles. The number of nitrogens with zero attached hydrogens (tertiary/aromatic N) is 3. The second kappa shape index (κ2) is 13.0. The van der Waals surface area contributed by atoms with Crippen LogP contribution in [-0.4, -0.2) is 73.5 Å². The zero-order chi connectivity index (χ0) is 27.9. The third-order valence-corrected chi connectivity index (χ3v) is 7.12. The van der Waals surface area contributed by atoms with Crippen molar-refractivity contribution in [3.63, 3.8) is 0 Å². The van der Waals surface area contributed by atoms with E-state index in [1.165, 1.54) is 29.6 Å². The summed E-state index contributed by atoms with van der Waals surface area (Å²) in [4.78, 5) is 16.9. The summed E-state index contributed by atoms with van der Waals surface area (Å²) in [6.45, 7) is 9.99. The van der Waals surface area contributed by atoms with Gasteiger partial charge in [0.25, 0.3) is 12.2 Å². The topological polar surface area (TPSA) is 88.0 Å². The van der Waals surface area contributed by atoms with Gasteiger partial charge in [0.15, 0.2) is 0 Å². The molecule has 1 fully saturated rings. The minimum Gasteiger partial charge on any atom is -0.493 e. The lowest BCUT2D eigenvalue weighted by Gasteiger charge is -2.39. The van der Waals surface area contributed by atoms with Gasteiger partial charge in [-0.15, -0.1) is 0 Å². The molecule has 2 aromatic rings. The number of amides is 1. The number of carbonyl (C=O) groups is 1. The minimum atomic E-state index is -4.42. The van der Waals surface area contributed by atoms with E-state index >= 15 is 0 Å². The molecule has 11 heteroatoms. The Hall–Kier alpha value is -3.31. The van der Waals surface area contributed by atoms with E-state index in [1.807, 2.05) is 13.1 Å². The van der Waals surface area contributed by atoms with E-state index in [0.717, 1.165) is 29.9 Å². The molecule has 208 valence electrons. The van der Waals surface area contributed by atoms with Gasteiger partial charge in [0.1, 0.15) is 5.75 Å². The van der Waals surface area contributed by atoms with Crippen molar-refractivity contribution in [2.75, 3.05) is 46.4 Å². The minimum absolute atomic E-state index is 0.147. The molecular weight excluding hydrogens is 497 g/mol. The number of hydrogen-bond acceptors (Lipinski definition) is 5. The Bertz CT molecular complexity index is 1100. The molecule has 0 unspecified atom stereocenters. The molecule has 4 N–H and O–H groups in total. The highest BCUT2D eigenvalue weighted by Gasteiger charge is 2.31. The lowest BCUT2D eigenvalue weighted by atomic mass is 9.96. The number of carbonyl (C=O) groups excluding carboxylic acids is 1. The lowest BCUT2D eigenvalue weighted by molar-refractivity contribution is -0.657. The van der Waals surface area contributed by atoms with Gasteiger partial charge in [-0.2, -0.15) is 23.4 Å². The summed E-state index contributed by atoms with van der Waals surface area (Å²) in [5, 5.41) is 4.65. The van der Waals surface area contributed by atoms with Crippen LogP contribution in [0, 0.1) is 13.8 Å². The summed E-state index contributed by atoms with van der Waals surface area (Å²) in [5.74, 6) is 0.620. The molecule has 38 heavy (non-hydrogen) atoms. The van der Waals surface area contributed by atoms with E-state index < -0.39 is 11.7 Å². The molecule has 0 radical (unpaired) electrons.